The fourth-order valence-electron chi connectivity index (χ4n) is 0.827. The first-order chi connectivity index (χ1) is 4.88. The van der Waals surface area contributed by atoms with Gasteiger partial charge in [-0.15, -0.1) is 6.42 Å². The van der Waals surface area contributed by atoms with E-state index in [1.54, 1.807) is 0 Å². The van der Waals surface area contributed by atoms with Crippen molar-refractivity contribution in [1.29, 1.82) is 0 Å². The zero-order valence-electron chi connectivity index (χ0n) is 5.89. The van der Waals surface area contributed by atoms with Crippen LogP contribution >= 0.6 is 0 Å². The fraction of sp³-hybridized carbons (Fsp3) is 0.111. The number of hydrogen-bond acceptors (Lipinski definition) is 1. The van der Waals surface area contributed by atoms with E-state index in [1.807, 2.05) is 31.3 Å². The summed E-state index contributed by atoms with van der Waals surface area (Å²) < 4.78 is 0. The maximum absolute atomic E-state index is 5.24. The van der Waals surface area contributed by atoms with Crippen LogP contribution in [0.25, 0.3) is 0 Å². The molecule has 0 amide bonds. The minimum atomic E-state index is 0.907. The van der Waals surface area contributed by atoms with Gasteiger partial charge in [-0.25, -0.2) is 0 Å². The molecule has 0 aliphatic heterocycles. The van der Waals surface area contributed by atoms with Crippen molar-refractivity contribution >= 4 is 5.69 Å². The largest absolute Gasteiger partial charge is 0.387 e. The fourth-order valence-corrected chi connectivity index (χ4v) is 0.827. The third-order valence-corrected chi connectivity index (χ3v) is 1.35. The van der Waals surface area contributed by atoms with E-state index < -0.39 is 0 Å². The van der Waals surface area contributed by atoms with Crippen molar-refractivity contribution in [3.63, 3.8) is 0 Å². The van der Waals surface area contributed by atoms with E-state index in [0.29, 0.717) is 0 Å². The van der Waals surface area contributed by atoms with Crippen LogP contribution in [0.3, 0.4) is 0 Å². The van der Waals surface area contributed by atoms with Gasteiger partial charge in [0.15, 0.2) is 0 Å². The molecule has 0 spiro atoms. The molecule has 50 valence electrons. The maximum atomic E-state index is 5.24. The summed E-state index contributed by atoms with van der Waals surface area (Å²) in [6.45, 7) is 0. The Bertz CT molecular complexity index is 258. The molecule has 0 heterocycles. The van der Waals surface area contributed by atoms with E-state index >= 15 is 0 Å². The predicted octanol–water partition coefficient (Wildman–Crippen LogP) is 1.71. The van der Waals surface area contributed by atoms with Gasteiger partial charge in [0.2, 0.25) is 0 Å². The Hall–Kier alpha value is -1.42. The third kappa shape index (κ3) is 1.11. The zero-order chi connectivity index (χ0) is 7.40. The highest BCUT2D eigenvalue weighted by Crippen LogP contribution is 2.11. The van der Waals surface area contributed by atoms with Gasteiger partial charge in [0.25, 0.3) is 0 Å². The highest BCUT2D eigenvalue weighted by atomic mass is 14.8. The lowest BCUT2D eigenvalue weighted by Gasteiger charge is -2.00. The van der Waals surface area contributed by atoms with Gasteiger partial charge in [0.05, 0.1) is 0 Å². The molecular formula is C9H9N. The van der Waals surface area contributed by atoms with Crippen molar-refractivity contribution in [2.45, 2.75) is 0 Å². The molecule has 1 aromatic carbocycles. The van der Waals surface area contributed by atoms with Crippen LogP contribution in [0.15, 0.2) is 24.3 Å². The van der Waals surface area contributed by atoms with Gasteiger partial charge in [-0.05, 0) is 12.1 Å². The van der Waals surface area contributed by atoms with Gasteiger partial charge in [-0.3, -0.25) is 0 Å². The average Bonchev–Trinajstić information content (AvgIpc) is 2.04. The molecule has 1 aromatic rings. The van der Waals surface area contributed by atoms with E-state index in [1.165, 1.54) is 0 Å². The van der Waals surface area contributed by atoms with Crippen LogP contribution in [0, 0.1) is 12.3 Å². The minimum Gasteiger partial charge on any atom is -0.387 e. The Kier molecular flexibility index (Phi) is 1.96. The van der Waals surface area contributed by atoms with Crippen LogP contribution in [0.4, 0.5) is 5.69 Å². The molecule has 0 aliphatic rings. The molecule has 0 radical (unpaired) electrons. The molecule has 1 N–H and O–H groups in total. The van der Waals surface area contributed by atoms with Crippen molar-refractivity contribution in [3.8, 4) is 12.3 Å². The molecule has 0 aliphatic carbocycles. The van der Waals surface area contributed by atoms with Crippen molar-refractivity contribution < 1.29 is 0 Å². The highest BCUT2D eigenvalue weighted by molar-refractivity contribution is 5.57. The first kappa shape index (κ1) is 6.70. The predicted molar refractivity (Wildman–Crippen MR) is 43.9 cm³/mol. The van der Waals surface area contributed by atoms with Gasteiger partial charge in [0.1, 0.15) is 0 Å². The lowest BCUT2D eigenvalue weighted by Crippen LogP contribution is -1.90. The average molecular weight is 131 g/mol. The van der Waals surface area contributed by atoms with Gasteiger partial charge < -0.3 is 5.32 Å². The van der Waals surface area contributed by atoms with Crippen molar-refractivity contribution in [1.82, 2.24) is 0 Å². The van der Waals surface area contributed by atoms with E-state index in [2.05, 4.69) is 11.2 Å². The lowest BCUT2D eigenvalue weighted by molar-refractivity contribution is 1.49. The molecule has 1 nitrogen and oxygen atoms in total. The second-order valence-electron chi connectivity index (χ2n) is 1.94. The molecule has 0 unspecified atom stereocenters. The number of hydrogen-bond donors (Lipinski definition) is 1. The molecule has 10 heavy (non-hydrogen) atoms. The van der Waals surface area contributed by atoms with E-state index in [0.717, 1.165) is 11.3 Å². The SMILES string of the molecule is C#Cc1ccccc1NC. The molecule has 1 rings (SSSR count). The molecule has 0 fully saturated rings. The molecule has 0 bridgehead atoms. The second-order valence-corrected chi connectivity index (χ2v) is 1.94. The van der Waals surface area contributed by atoms with Crippen molar-refractivity contribution in [2.24, 2.45) is 0 Å². The van der Waals surface area contributed by atoms with Crippen LogP contribution in [0.2, 0.25) is 0 Å². The van der Waals surface area contributed by atoms with Gasteiger partial charge in [-0.1, -0.05) is 18.1 Å². The summed E-state index contributed by atoms with van der Waals surface area (Å²) in [7, 11) is 1.86. The summed E-state index contributed by atoms with van der Waals surface area (Å²) in [5.74, 6) is 2.58. The summed E-state index contributed by atoms with van der Waals surface area (Å²) in [5, 5.41) is 3.00. The Morgan fingerprint density at radius 1 is 1.40 bits per heavy atom. The van der Waals surface area contributed by atoms with Crippen LogP contribution in [-0.2, 0) is 0 Å². The second kappa shape index (κ2) is 2.93. The van der Waals surface area contributed by atoms with Crippen molar-refractivity contribution in [3.05, 3.63) is 29.8 Å². The molecule has 1 heteroatoms. The normalized spacial score (nSPS) is 8.40. The lowest BCUT2D eigenvalue weighted by atomic mass is 10.2. The van der Waals surface area contributed by atoms with Gasteiger partial charge >= 0.3 is 0 Å². The topological polar surface area (TPSA) is 12.0 Å². The first-order valence-corrected chi connectivity index (χ1v) is 3.12. The summed E-state index contributed by atoms with van der Waals surface area (Å²) in [5.41, 5.74) is 1.91. The zero-order valence-corrected chi connectivity index (χ0v) is 5.89. The van der Waals surface area contributed by atoms with Crippen LogP contribution in [0.1, 0.15) is 5.56 Å². The van der Waals surface area contributed by atoms with E-state index in [9.17, 15) is 0 Å². The number of para-hydroxylation sites is 1. The molecule has 0 atom stereocenters. The number of nitrogens with one attached hydrogen (secondary N) is 1. The molecule has 0 saturated heterocycles. The molecular weight excluding hydrogens is 122 g/mol. The number of anilines is 1. The van der Waals surface area contributed by atoms with Crippen LogP contribution < -0.4 is 5.32 Å². The monoisotopic (exact) mass is 131 g/mol. The van der Waals surface area contributed by atoms with Gasteiger partial charge in [0, 0.05) is 18.3 Å². The Morgan fingerprint density at radius 2 is 2.10 bits per heavy atom. The third-order valence-electron chi connectivity index (χ3n) is 1.35. The quantitative estimate of drug-likeness (QED) is 0.572. The Balaban J connectivity index is 3.12. The van der Waals surface area contributed by atoms with E-state index in [-0.39, 0.29) is 0 Å². The number of terminal acetylenes is 1. The molecule has 0 saturated carbocycles. The Labute approximate surface area is 61.1 Å². The molecule has 0 aromatic heterocycles. The number of benzene rings is 1. The van der Waals surface area contributed by atoms with Crippen LogP contribution in [0.5, 0.6) is 0 Å². The van der Waals surface area contributed by atoms with Gasteiger partial charge in [-0.2, -0.15) is 0 Å². The highest BCUT2D eigenvalue weighted by Gasteiger charge is 1.91. The minimum absolute atomic E-state index is 0.907. The summed E-state index contributed by atoms with van der Waals surface area (Å²) >= 11 is 0. The standard InChI is InChI=1S/C9H9N/c1-3-8-6-4-5-7-9(8)10-2/h1,4-7,10H,2H3. The smallest absolute Gasteiger partial charge is 0.0496 e. The Morgan fingerprint density at radius 3 is 2.60 bits per heavy atom. The summed E-state index contributed by atoms with van der Waals surface area (Å²) in [4.78, 5) is 0. The summed E-state index contributed by atoms with van der Waals surface area (Å²) in [6.07, 6.45) is 5.24. The van der Waals surface area contributed by atoms with Crippen molar-refractivity contribution in [2.75, 3.05) is 12.4 Å². The number of rotatable bonds is 1. The summed E-state index contributed by atoms with van der Waals surface area (Å²) in [6, 6.07) is 7.74. The first-order valence-electron chi connectivity index (χ1n) is 3.12. The van der Waals surface area contributed by atoms with Crippen LogP contribution in [-0.4, -0.2) is 7.05 Å². The maximum Gasteiger partial charge on any atom is 0.0496 e. The van der Waals surface area contributed by atoms with E-state index in [4.69, 9.17) is 6.42 Å².